The Labute approximate surface area is 112 Å². The summed E-state index contributed by atoms with van der Waals surface area (Å²) in [6.45, 7) is 8.61. The lowest BCUT2D eigenvalue weighted by molar-refractivity contribution is -0.0374. The van der Waals surface area contributed by atoms with Gasteiger partial charge in [-0.3, -0.25) is 0 Å². The van der Waals surface area contributed by atoms with Crippen molar-refractivity contribution < 1.29 is 4.74 Å². The van der Waals surface area contributed by atoms with Crippen LogP contribution in [0.3, 0.4) is 0 Å². The van der Waals surface area contributed by atoms with Gasteiger partial charge in [0, 0.05) is 13.2 Å². The van der Waals surface area contributed by atoms with Gasteiger partial charge in [0.15, 0.2) is 0 Å². The number of hydrogen-bond acceptors (Lipinski definition) is 2. The van der Waals surface area contributed by atoms with Gasteiger partial charge in [0.25, 0.3) is 0 Å². The summed E-state index contributed by atoms with van der Waals surface area (Å²) in [5, 5.41) is 0. The van der Waals surface area contributed by atoms with E-state index >= 15 is 0 Å². The number of methoxy groups -OCH3 is 1. The minimum absolute atomic E-state index is 0.0392. The van der Waals surface area contributed by atoms with Crippen molar-refractivity contribution in [3.05, 3.63) is 34.9 Å². The second-order valence-electron chi connectivity index (χ2n) is 5.16. The summed E-state index contributed by atoms with van der Waals surface area (Å²) < 4.78 is 5.73. The lowest BCUT2D eigenvalue weighted by Gasteiger charge is -2.36. The molecule has 0 aliphatic rings. The highest BCUT2D eigenvalue weighted by molar-refractivity contribution is 5.34. The van der Waals surface area contributed by atoms with E-state index in [0.29, 0.717) is 0 Å². The van der Waals surface area contributed by atoms with Crippen LogP contribution in [0.15, 0.2) is 18.2 Å². The summed E-state index contributed by atoms with van der Waals surface area (Å²) in [6.07, 6.45) is 2.78. The number of ether oxygens (including phenoxy) is 1. The first kappa shape index (κ1) is 15.2. The molecule has 0 bridgehead atoms. The van der Waals surface area contributed by atoms with Crippen LogP contribution in [-0.4, -0.2) is 18.8 Å². The Hall–Kier alpha value is -0.860. The first-order chi connectivity index (χ1) is 8.50. The molecule has 1 aromatic carbocycles. The van der Waals surface area contributed by atoms with E-state index in [-0.39, 0.29) is 11.6 Å². The van der Waals surface area contributed by atoms with Gasteiger partial charge in [-0.25, -0.2) is 0 Å². The van der Waals surface area contributed by atoms with Crippen LogP contribution in [0.25, 0.3) is 0 Å². The Bertz CT molecular complexity index is 354. The van der Waals surface area contributed by atoms with E-state index in [9.17, 15) is 0 Å². The van der Waals surface area contributed by atoms with Crippen molar-refractivity contribution in [2.24, 2.45) is 5.73 Å². The second-order valence-corrected chi connectivity index (χ2v) is 5.16. The Balaban J connectivity index is 2.96. The molecular weight excluding hydrogens is 222 g/mol. The molecule has 0 fully saturated rings. The zero-order valence-electron chi connectivity index (χ0n) is 12.4. The number of benzene rings is 1. The van der Waals surface area contributed by atoms with Crippen molar-refractivity contribution in [3.8, 4) is 0 Å². The van der Waals surface area contributed by atoms with Crippen LogP contribution in [0.5, 0.6) is 0 Å². The second kappa shape index (κ2) is 6.35. The van der Waals surface area contributed by atoms with E-state index in [2.05, 4.69) is 45.9 Å². The Morgan fingerprint density at radius 2 is 1.67 bits per heavy atom. The molecule has 0 heterocycles. The first-order valence-corrected chi connectivity index (χ1v) is 6.86. The fourth-order valence-corrected chi connectivity index (χ4v) is 2.79. The molecule has 0 aromatic heterocycles. The number of rotatable bonds is 6. The lowest BCUT2D eigenvalue weighted by atomic mass is 9.83. The smallest absolute Gasteiger partial charge is 0.0826 e. The van der Waals surface area contributed by atoms with E-state index in [1.54, 1.807) is 7.11 Å². The van der Waals surface area contributed by atoms with Crippen molar-refractivity contribution in [2.75, 3.05) is 7.11 Å². The van der Waals surface area contributed by atoms with Gasteiger partial charge in [0.2, 0.25) is 0 Å². The van der Waals surface area contributed by atoms with Gasteiger partial charge < -0.3 is 10.5 Å². The Morgan fingerprint density at radius 3 is 2.06 bits per heavy atom. The van der Waals surface area contributed by atoms with Gasteiger partial charge in [-0.2, -0.15) is 0 Å². The van der Waals surface area contributed by atoms with E-state index in [0.717, 1.165) is 19.3 Å². The van der Waals surface area contributed by atoms with Crippen LogP contribution in [0, 0.1) is 13.8 Å². The quantitative estimate of drug-likeness (QED) is 0.839. The fraction of sp³-hybridized carbons (Fsp3) is 0.625. The van der Waals surface area contributed by atoms with Gasteiger partial charge in [-0.15, -0.1) is 0 Å². The highest BCUT2D eigenvalue weighted by Gasteiger charge is 2.33. The van der Waals surface area contributed by atoms with Crippen LogP contribution >= 0.6 is 0 Å². The monoisotopic (exact) mass is 249 g/mol. The minimum Gasteiger partial charge on any atom is -0.377 e. The van der Waals surface area contributed by atoms with Crippen LogP contribution in [-0.2, 0) is 11.2 Å². The molecule has 0 spiro atoms. The molecule has 0 saturated carbocycles. The zero-order chi connectivity index (χ0) is 13.8. The molecular formula is C16H27NO. The molecule has 1 aromatic rings. The molecule has 1 rings (SSSR count). The Morgan fingerprint density at radius 1 is 1.17 bits per heavy atom. The molecule has 18 heavy (non-hydrogen) atoms. The predicted octanol–water partition coefficient (Wildman–Crippen LogP) is 3.38. The van der Waals surface area contributed by atoms with Crippen LogP contribution in [0.1, 0.15) is 43.4 Å². The molecule has 2 heteroatoms. The standard InChI is InChI=1S/C16H27NO/c1-6-16(7-2,18-5)15(17)11-14-12(3)9-8-10-13(14)4/h8-10,15H,6-7,11,17H2,1-5H3. The van der Waals surface area contributed by atoms with Crippen molar-refractivity contribution in [3.63, 3.8) is 0 Å². The van der Waals surface area contributed by atoms with Gasteiger partial charge in [0.05, 0.1) is 5.60 Å². The van der Waals surface area contributed by atoms with Crippen molar-refractivity contribution in [2.45, 2.75) is 58.6 Å². The molecule has 0 aliphatic heterocycles. The summed E-state index contributed by atoms with van der Waals surface area (Å²) in [6, 6.07) is 6.45. The maximum Gasteiger partial charge on any atom is 0.0826 e. The van der Waals surface area contributed by atoms with Gasteiger partial charge in [0.1, 0.15) is 0 Å². The third-order valence-electron chi connectivity index (χ3n) is 4.35. The largest absolute Gasteiger partial charge is 0.377 e. The van der Waals surface area contributed by atoms with Crippen LogP contribution in [0.2, 0.25) is 0 Å². The number of nitrogens with two attached hydrogens (primary N) is 1. The fourth-order valence-electron chi connectivity index (χ4n) is 2.79. The number of aryl methyl sites for hydroxylation is 2. The highest BCUT2D eigenvalue weighted by Crippen LogP contribution is 2.27. The summed E-state index contributed by atoms with van der Waals surface area (Å²) in [4.78, 5) is 0. The molecule has 0 radical (unpaired) electrons. The highest BCUT2D eigenvalue weighted by atomic mass is 16.5. The average Bonchev–Trinajstić information content (AvgIpc) is 2.37. The third-order valence-corrected chi connectivity index (χ3v) is 4.35. The summed E-state index contributed by atoms with van der Waals surface area (Å²) in [5.41, 5.74) is 10.2. The third kappa shape index (κ3) is 2.93. The van der Waals surface area contributed by atoms with Crippen LogP contribution < -0.4 is 5.73 Å². The van der Waals surface area contributed by atoms with Crippen molar-refractivity contribution in [1.82, 2.24) is 0 Å². The van der Waals surface area contributed by atoms with E-state index < -0.39 is 0 Å². The van der Waals surface area contributed by atoms with Gasteiger partial charge in [-0.05, 0) is 49.8 Å². The SMILES string of the molecule is CCC(CC)(OC)C(N)Cc1c(C)cccc1C. The lowest BCUT2D eigenvalue weighted by Crippen LogP contribution is -2.50. The minimum atomic E-state index is -0.200. The van der Waals surface area contributed by atoms with Crippen molar-refractivity contribution in [1.29, 1.82) is 0 Å². The van der Waals surface area contributed by atoms with E-state index in [1.165, 1.54) is 16.7 Å². The molecule has 1 atom stereocenters. The topological polar surface area (TPSA) is 35.2 Å². The van der Waals surface area contributed by atoms with E-state index in [4.69, 9.17) is 10.5 Å². The molecule has 0 aliphatic carbocycles. The molecule has 1 unspecified atom stereocenters. The van der Waals surface area contributed by atoms with E-state index in [1.807, 2.05) is 0 Å². The van der Waals surface area contributed by atoms with Crippen molar-refractivity contribution >= 4 is 0 Å². The first-order valence-electron chi connectivity index (χ1n) is 6.86. The Kier molecular flexibility index (Phi) is 5.36. The molecule has 2 nitrogen and oxygen atoms in total. The number of hydrogen-bond donors (Lipinski definition) is 1. The molecule has 0 saturated heterocycles. The summed E-state index contributed by atoms with van der Waals surface area (Å²) in [5.74, 6) is 0. The van der Waals surface area contributed by atoms with Crippen LogP contribution in [0.4, 0.5) is 0 Å². The predicted molar refractivity (Wildman–Crippen MR) is 77.9 cm³/mol. The molecule has 102 valence electrons. The molecule has 2 N–H and O–H groups in total. The maximum atomic E-state index is 6.43. The van der Waals surface area contributed by atoms with Gasteiger partial charge >= 0.3 is 0 Å². The summed E-state index contributed by atoms with van der Waals surface area (Å²) >= 11 is 0. The van der Waals surface area contributed by atoms with Gasteiger partial charge in [-0.1, -0.05) is 32.0 Å². The summed E-state index contributed by atoms with van der Waals surface area (Å²) in [7, 11) is 1.78. The normalized spacial score (nSPS) is 13.7. The molecule has 0 amide bonds. The maximum absolute atomic E-state index is 6.43. The zero-order valence-corrected chi connectivity index (χ0v) is 12.4. The average molecular weight is 249 g/mol.